The van der Waals surface area contributed by atoms with Crippen LogP contribution in [0.15, 0.2) is 47.4 Å². The number of benzene rings is 2. The number of carbonyl (C=O) groups is 2. The Hall–Kier alpha value is -2.51. The highest BCUT2D eigenvalue weighted by molar-refractivity contribution is 7.89. The normalized spacial score (nSPS) is 16.6. The van der Waals surface area contributed by atoms with Gasteiger partial charge in [0.15, 0.2) is 12.4 Å². The van der Waals surface area contributed by atoms with E-state index in [9.17, 15) is 18.0 Å². The lowest BCUT2D eigenvalue weighted by Gasteiger charge is -2.15. The molecule has 7 heteroatoms. The molecule has 0 spiro atoms. The van der Waals surface area contributed by atoms with Crippen molar-refractivity contribution in [2.75, 3.05) is 19.7 Å². The van der Waals surface area contributed by atoms with Gasteiger partial charge in [-0.3, -0.25) is 4.79 Å². The van der Waals surface area contributed by atoms with E-state index in [1.54, 1.807) is 6.07 Å². The van der Waals surface area contributed by atoms with Crippen molar-refractivity contribution in [2.45, 2.75) is 37.0 Å². The number of hydrogen-bond acceptors (Lipinski definition) is 5. The van der Waals surface area contributed by atoms with Crippen LogP contribution < -0.4 is 0 Å². The van der Waals surface area contributed by atoms with Gasteiger partial charge in [0.2, 0.25) is 10.0 Å². The second kappa shape index (κ2) is 8.08. The molecule has 1 heterocycles. The molecule has 152 valence electrons. The molecule has 0 atom stereocenters. The monoisotopic (exact) mass is 413 g/mol. The first-order valence-electron chi connectivity index (χ1n) is 9.87. The van der Waals surface area contributed by atoms with E-state index in [1.165, 1.54) is 39.7 Å². The van der Waals surface area contributed by atoms with Crippen LogP contribution in [0.1, 0.15) is 51.1 Å². The SMILES string of the molecule is O=C(COC(=O)c1cccc(S(=O)(=O)N2CCCC2)c1)c1ccc2c(c1)CCC2. The molecule has 2 aromatic rings. The summed E-state index contributed by atoms with van der Waals surface area (Å²) in [5.41, 5.74) is 3.10. The van der Waals surface area contributed by atoms with Gasteiger partial charge in [0.25, 0.3) is 0 Å². The largest absolute Gasteiger partial charge is 0.454 e. The highest BCUT2D eigenvalue weighted by atomic mass is 32.2. The van der Waals surface area contributed by atoms with Gasteiger partial charge in [-0.25, -0.2) is 13.2 Å². The van der Waals surface area contributed by atoms with Crippen molar-refractivity contribution in [1.82, 2.24) is 4.31 Å². The third-order valence-electron chi connectivity index (χ3n) is 5.53. The predicted octanol–water partition coefficient (Wildman–Crippen LogP) is 3.00. The number of carbonyl (C=O) groups excluding carboxylic acids is 2. The third kappa shape index (κ3) is 4.11. The second-order valence-corrected chi connectivity index (χ2v) is 9.41. The molecular formula is C22H23NO5S. The Morgan fingerprint density at radius 2 is 1.66 bits per heavy atom. The number of ether oxygens (including phenoxy) is 1. The lowest BCUT2D eigenvalue weighted by atomic mass is 10.0. The standard InChI is InChI=1S/C22H23NO5S/c24-21(18-10-9-16-5-3-6-17(16)13-18)15-28-22(25)19-7-4-8-20(14-19)29(26,27)23-11-1-2-12-23/h4,7-10,13-14H,1-3,5-6,11-12,15H2. The Bertz CT molecular complexity index is 1050. The zero-order valence-electron chi connectivity index (χ0n) is 16.1. The summed E-state index contributed by atoms with van der Waals surface area (Å²) in [6.07, 6.45) is 4.78. The first kappa shape index (κ1) is 19.8. The van der Waals surface area contributed by atoms with Gasteiger partial charge in [0, 0.05) is 18.7 Å². The smallest absolute Gasteiger partial charge is 0.338 e. The highest BCUT2D eigenvalue weighted by Gasteiger charge is 2.28. The van der Waals surface area contributed by atoms with E-state index in [2.05, 4.69) is 0 Å². The molecule has 29 heavy (non-hydrogen) atoms. The molecular weight excluding hydrogens is 390 g/mol. The summed E-state index contributed by atoms with van der Waals surface area (Å²) in [4.78, 5) is 24.9. The van der Waals surface area contributed by atoms with E-state index in [1.807, 2.05) is 12.1 Å². The van der Waals surface area contributed by atoms with Crippen molar-refractivity contribution in [3.63, 3.8) is 0 Å². The molecule has 0 bridgehead atoms. The number of Topliss-reactive ketones (excluding diaryl/α,β-unsaturated/α-hetero) is 1. The molecule has 1 saturated heterocycles. The first-order valence-corrected chi connectivity index (χ1v) is 11.3. The van der Waals surface area contributed by atoms with Crippen LogP contribution in [0, 0.1) is 0 Å². The van der Waals surface area contributed by atoms with E-state index in [0.29, 0.717) is 18.7 Å². The molecule has 4 rings (SSSR count). The molecule has 0 radical (unpaired) electrons. The van der Waals surface area contributed by atoms with Crippen molar-refractivity contribution in [1.29, 1.82) is 0 Å². The van der Waals surface area contributed by atoms with Crippen LogP contribution in [0.2, 0.25) is 0 Å². The fourth-order valence-corrected chi connectivity index (χ4v) is 5.47. The lowest BCUT2D eigenvalue weighted by molar-refractivity contribution is 0.0474. The fraction of sp³-hybridized carbons (Fsp3) is 0.364. The summed E-state index contributed by atoms with van der Waals surface area (Å²) in [6.45, 7) is 0.610. The summed E-state index contributed by atoms with van der Waals surface area (Å²) in [7, 11) is -3.62. The fourth-order valence-electron chi connectivity index (χ4n) is 3.90. The van der Waals surface area contributed by atoms with E-state index < -0.39 is 16.0 Å². The van der Waals surface area contributed by atoms with Crippen molar-refractivity contribution < 1.29 is 22.7 Å². The van der Waals surface area contributed by atoms with Crippen molar-refractivity contribution in [3.8, 4) is 0 Å². The van der Waals surface area contributed by atoms with Crippen molar-refractivity contribution >= 4 is 21.8 Å². The summed E-state index contributed by atoms with van der Waals surface area (Å²) in [6, 6.07) is 11.4. The molecule has 0 unspecified atom stereocenters. The van der Waals surface area contributed by atoms with Gasteiger partial charge < -0.3 is 4.74 Å². The van der Waals surface area contributed by atoms with Crippen molar-refractivity contribution in [2.24, 2.45) is 0 Å². The predicted molar refractivity (Wildman–Crippen MR) is 108 cm³/mol. The maximum absolute atomic E-state index is 12.7. The number of rotatable bonds is 6. The average Bonchev–Trinajstić information content (AvgIpc) is 3.43. The van der Waals surface area contributed by atoms with Gasteiger partial charge in [-0.15, -0.1) is 0 Å². The van der Waals surface area contributed by atoms with Crippen LogP contribution in [0.4, 0.5) is 0 Å². The van der Waals surface area contributed by atoms with Crippen LogP contribution in [-0.2, 0) is 27.6 Å². The van der Waals surface area contributed by atoms with Crippen molar-refractivity contribution in [3.05, 3.63) is 64.7 Å². The van der Waals surface area contributed by atoms with Crippen LogP contribution in [0.25, 0.3) is 0 Å². The zero-order chi connectivity index (χ0) is 20.4. The molecule has 0 saturated carbocycles. The quantitative estimate of drug-likeness (QED) is 0.537. The van der Waals surface area contributed by atoms with Crippen LogP contribution in [0.3, 0.4) is 0 Å². The van der Waals surface area contributed by atoms with E-state index >= 15 is 0 Å². The molecule has 0 aromatic heterocycles. The molecule has 1 aliphatic carbocycles. The Labute approximate surface area is 170 Å². The highest BCUT2D eigenvalue weighted by Crippen LogP contribution is 2.24. The minimum Gasteiger partial charge on any atom is -0.454 e. The topological polar surface area (TPSA) is 80.8 Å². The van der Waals surface area contributed by atoms with E-state index in [-0.39, 0.29) is 22.8 Å². The average molecular weight is 413 g/mol. The summed E-state index contributed by atoms with van der Waals surface area (Å²) in [5.74, 6) is -0.980. The maximum Gasteiger partial charge on any atom is 0.338 e. The van der Waals surface area contributed by atoms with Gasteiger partial charge in [-0.05, 0) is 67.5 Å². The van der Waals surface area contributed by atoms with Gasteiger partial charge in [-0.2, -0.15) is 4.31 Å². The second-order valence-electron chi connectivity index (χ2n) is 7.48. The Morgan fingerprint density at radius 1 is 0.897 bits per heavy atom. The molecule has 1 fully saturated rings. The van der Waals surface area contributed by atoms with Gasteiger partial charge >= 0.3 is 5.97 Å². The number of fused-ring (bicyclic) bond motifs is 1. The maximum atomic E-state index is 12.7. The first-order chi connectivity index (χ1) is 13.9. The number of hydrogen-bond donors (Lipinski definition) is 0. The van der Waals surface area contributed by atoms with Gasteiger partial charge in [-0.1, -0.05) is 18.2 Å². The Balaban J connectivity index is 1.43. The Morgan fingerprint density at radius 3 is 2.45 bits per heavy atom. The zero-order valence-corrected chi connectivity index (χ0v) is 16.9. The molecule has 1 aliphatic heterocycles. The Kier molecular flexibility index (Phi) is 5.52. The number of esters is 1. The summed E-state index contributed by atoms with van der Waals surface area (Å²) in [5, 5.41) is 0. The van der Waals surface area contributed by atoms with Gasteiger partial charge in [0.1, 0.15) is 0 Å². The molecule has 6 nitrogen and oxygen atoms in total. The number of nitrogens with zero attached hydrogens (tertiary/aromatic N) is 1. The number of ketones is 1. The van der Waals surface area contributed by atoms with E-state index in [4.69, 9.17) is 4.74 Å². The molecule has 2 aromatic carbocycles. The molecule has 0 N–H and O–H groups in total. The number of sulfonamides is 1. The minimum absolute atomic E-state index is 0.0683. The lowest BCUT2D eigenvalue weighted by Crippen LogP contribution is -2.28. The molecule has 0 amide bonds. The van der Waals surface area contributed by atoms with Crippen LogP contribution in [0.5, 0.6) is 0 Å². The van der Waals surface area contributed by atoms with E-state index in [0.717, 1.165) is 32.1 Å². The minimum atomic E-state index is -3.62. The van der Waals surface area contributed by atoms with Gasteiger partial charge in [0.05, 0.1) is 10.5 Å². The van der Waals surface area contributed by atoms with Crippen LogP contribution in [-0.4, -0.2) is 44.2 Å². The third-order valence-corrected chi connectivity index (χ3v) is 7.42. The summed E-state index contributed by atoms with van der Waals surface area (Å²) >= 11 is 0. The molecule has 2 aliphatic rings. The van der Waals surface area contributed by atoms with Crippen LogP contribution >= 0.6 is 0 Å². The summed E-state index contributed by atoms with van der Waals surface area (Å²) < 4.78 is 31.9. The number of aryl methyl sites for hydroxylation is 2.